The number of thioether (sulfide) groups is 1. The van der Waals surface area contributed by atoms with Crippen molar-refractivity contribution in [2.24, 2.45) is 0 Å². The number of carbonyl (C=O) groups excluding carboxylic acids is 1. The van der Waals surface area contributed by atoms with Crippen molar-refractivity contribution in [1.82, 2.24) is 0 Å². The summed E-state index contributed by atoms with van der Waals surface area (Å²) in [7, 11) is 0. The molecule has 21 heavy (non-hydrogen) atoms. The van der Waals surface area contributed by atoms with Crippen LogP contribution in [-0.2, 0) is 0 Å². The summed E-state index contributed by atoms with van der Waals surface area (Å²) in [4.78, 5) is 25.2. The molecule has 1 amide bonds. The topological polar surface area (TPSA) is 66.4 Å². The lowest BCUT2D eigenvalue weighted by Crippen LogP contribution is -2.13. The van der Waals surface area contributed by atoms with E-state index in [1.807, 2.05) is 12.3 Å². The molecule has 0 aliphatic carbocycles. The third-order valence-corrected chi connectivity index (χ3v) is 4.75. The Labute approximate surface area is 135 Å². The predicted octanol–water partition coefficient (Wildman–Crippen LogP) is 4.38. The van der Waals surface area contributed by atoms with Gasteiger partial charge in [-0.05, 0) is 37.4 Å². The molecule has 0 spiro atoms. The smallest absolute Gasteiger partial charge is 0.338 e. The number of nitrogens with one attached hydrogen (secondary N) is 1. The molecular weight excluding hydrogens is 330 g/mol. The molecule has 4 nitrogen and oxygen atoms in total. The van der Waals surface area contributed by atoms with E-state index in [0.29, 0.717) is 15.6 Å². The maximum Gasteiger partial charge on any atom is 0.338 e. The number of anilines is 1. The van der Waals surface area contributed by atoms with Gasteiger partial charge in [-0.3, -0.25) is 4.79 Å². The number of hydrogen-bond acceptors (Lipinski definition) is 4. The molecule has 1 heterocycles. The van der Waals surface area contributed by atoms with Gasteiger partial charge in [0.15, 0.2) is 0 Å². The largest absolute Gasteiger partial charge is 0.478 e. The van der Waals surface area contributed by atoms with Gasteiger partial charge >= 0.3 is 5.97 Å². The van der Waals surface area contributed by atoms with E-state index in [0.717, 1.165) is 9.77 Å². The molecule has 0 fully saturated rings. The van der Waals surface area contributed by atoms with E-state index < -0.39 is 11.9 Å². The molecule has 110 valence electrons. The van der Waals surface area contributed by atoms with E-state index in [9.17, 15) is 9.59 Å². The highest BCUT2D eigenvalue weighted by atomic mass is 35.5. The lowest BCUT2D eigenvalue weighted by Gasteiger charge is -2.07. The molecule has 2 N–H and O–H groups in total. The maximum absolute atomic E-state index is 12.3. The van der Waals surface area contributed by atoms with Gasteiger partial charge in [-0.25, -0.2) is 4.79 Å². The van der Waals surface area contributed by atoms with Gasteiger partial charge in [-0.15, -0.1) is 23.1 Å². The number of hydrogen-bond donors (Lipinski definition) is 2. The second-order valence-electron chi connectivity index (χ2n) is 4.20. The monoisotopic (exact) mass is 341 g/mol. The van der Waals surface area contributed by atoms with Crippen LogP contribution in [0.25, 0.3) is 0 Å². The molecule has 0 saturated carbocycles. The van der Waals surface area contributed by atoms with Gasteiger partial charge < -0.3 is 10.4 Å². The summed E-state index contributed by atoms with van der Waals surface area (Å²) in [6, 6.07) is 6.69. The normalized spacial score (nSPS) is 10.4. The molecule has 0 atom stereocenters. The molecule has 2 aromatic rings. The van der Waals surface area contributed by atoms with Crippen LogP contribution in [0.3, 0.4) is 0 Å². The molecule has 0 unspecified atom stereocenters. The van der Waals surface area contributed by atoms with E-state index >= 15 is 0 Å². The highest BCUT2D eigenvalue weighted by Gasteiger charge is 2.18. The summed E-state index contributed by atoms with van der Waals surface area (Å²) in [5, 5.41) is 12.4. The Morgan fingerprint density at radius 1 is 1.29 bits per heavy atom. The molecule has 0 bridgehead atoms. The SMILES string of the molecule is CSc1ccc(Cl)c(C(=O)Nc2sc(C)cc2C(=O)O)c1. The third-order valence-electron chi connectivity index (χ3n) is 2.73. The van der Waals surface area contributed by atoms with Crippen molar-refractivity contribution in [3.05, 3.63) is 45.3 Å². The molecule has 1 aromatic heterocycles. The Bertz CT molecular complexity index is 712. The van der Waals surface area contributed by atoms with Crippen LogP contribution in [0, 0.1) is 6.92 Å². The van der Waals surface area contributed by atoms with Crippen molar-refractivity contribution in [2.75, 3.05) is 11.6 Å². The van der Waals surface area contributed by atoms with Gasteiger partial charge in [0, 0.05) is 9.77 Å². The average Bonchev–Trinajstić information content (AvgIpc) is 2.80. The number of amides is 1. The number of rotatable bonds is 4. The van der Waals surface area contributed by atoms with Crippen LogP contribution in [0.2, 0.25) is 5.02 Å². The van der Waals surface area contributed by atoms with Crippen LogP contribution < -0.4 is 5.32 Å². The minimum absolute atomic E-state index is 0.0861. The first-order valence-electron chi connectivity index (χ1n) is 5.91. The van der Waals surface area contributed by atoms with E-state index in [1.165, 1.54) is 29.2 Å². The average molecular weight is 342 g/mol. The molecule has 0 aliphatic rings. The first-order chi connectivity index (χ1) is 9.92. The van der Waals surface area contributed by atoms with Crippen molar-refractivity contribution in [3.8, 4) is 0 Å². The summed E-state index contributed by atoms with van der Waals surface area (Å²) in [6.45, 7) is 1.79. The number of halogens is 1. The zero-order chi connectivity index (χ0) is 15.6. The third kappa shape index (κ3) is 3.58. The Morgan fingerprint density at radius 2 is 2.00 bits per heavy atom. The van der Waals surface area contributed by atoms with Crippen molar-refractivity contribution in [1.29, 1.82) is 0 Å². The maximum atomic E-state index is 12.3. The van der Waals surface area contributed by atoms with Gasteiger partial charge in [-0.2, -0.15) is 0 Å². The Kier molecular flexibility index (Phi) is 4.92. The molecule has 0 aliphatic heterocycles. The molecular formula is C14H12ClNO3S2. The summed E-state index contributed by atoms with van der Waals surface area (Å²) < 4.78 is 0. The van der Waals surface area contributed by atoms with E-state index in [2.05, 4.69) is 5.32 Å². The fourth-order valence-electron chi connectivity index (χ4n) is 1.74. The number of carboxylic acids is 1. The number of thiophene rings is 1. The van der Waals surface area contributed by atoms with Crippen molar-refractivity contribution >= 4 is 51.6 Å². The lowest BCUT2D eigenvalue weighted by atomic mass is 10.2. The molecule has 7 heteroatoms. The summed E-state index contributed by atoms with van der Waals surface area (Å²) in [5.41, 5.74) is 0.411. The standard InChI is InChI=1S/C14H12ClNO3S2/c1-7-5-10(14(18)19)13(21-7)16-12(17)9-6-8(20-2)3-4-11(9)15/h3-6H,1-2H3,(H,16,17)(H,18,19). The van der Waals surface area contributed by atoms with Crippen LogP contribution in [0.4, 0.5) is 5.00 Å². The van der Waals surface area contributed by atoms with E-state index in [1.54, 1.807) is 19.1 Å². The fraction of sp³-hybridized carbons (Fsp3) is 0.143. The Hall–Kier alpha value is -1.50. The summed E-state index contributed by atoms with van der Waals surface area (Å²) in [5.74, 6) is -1.49. The van der Waals surface area contributed by atoms with E-state index in [4.69, 9.17) is 16.7 Å². The Morgan fingerprint density at radius 3 is 2.62 bits per heavy atom. The van der Waals surface area contributed by atoms with Crippen LogP contribution in [-0.4, -0.2) is 23.2 Å². The zero-order valence-corrected chi connectivity index (χ0v) is 13.7. The number of carboxylic acid groups (broad SMARTS) is 1. The summed E-state index contributed by atoms with van der Waals surface area (Å²) in [6.07, 6.45) is 1.90. The van der Waals surface area contributed by atoms with Crippen LogP contribution in [0.15, 0.2) is 29.2 Å². The Balaban J connectivity index is 2.32. The van der Waals surface area contributed by atoms with Crippen molar-refractivity contribution in [2.45, 2.75) is 11.8 Å². The van der Waals surface area contributed by atoms with Crippen LogP contribution >= 0.6 is 34.7 Å². The van der Waals surface area contributed by atoms with Crippen molar-refractivity contribution < 1.29 is 14.7 Å². The first kappa shape index (κ1) is 15.9. The highest BCUT2D eigenvalue weighted by molar-refractivity contribution is 7.98. The molecule has 2 rings (SSSR count). The van der Waals surface area contributed by atoms with Crippen LogP contribution in [0.1, 0.15) is 25.6 Å². The second-order valence-corrected chi connectivity index (χ2v) is 6.75. The van der Waals surface area contributed by atoms with Gasteiger partial charge in [0.2, 0.25) is 0 Å². The number of benzene rings is 1. The quantitative estimate of drug-likeness (QED) is 0.810. The van der Waals surface area contributed by atoms with Gasteiger partial charge in [-0.1, -0.05) is 11.6 Å². The number of aromatic carboxylic acids is 1. The van der Waals surface area contributed by atoms with Crippen LogP contribution in [0.5, 0.6) is 0 Å². The number of aryl methyl sites for hydroxylation is 1. The van der Waals surface area contributed by atoms with Gasteiger partial charge in [0.25, 0.3) is 5.91 Å². The molecule has 1 aromatic carbocycles. The lowest BCUT2D eigenvalue weighted by molar-refractivity contribution is 0.0698. The first-order valence-corrected chi connectivity index (χ1v) is 8.33. The zero-order valence-electron chi connectivity index (χ0n) is 11.3. The second kappa shape index (κ2) is 6.51. The highest BCUT2D eigenvalue weighted by Crippen LogP contribution is 2.29. The van der Waals surface area contributed by atoms with Gasteiger partial charge in [0.05, 0.1) is 16.1 Å². The minimum Gasteiger partial charge on any atom is -0.478 e. The fourth-order valence-corrected chi connectivity index (χ4v) is 3.28. The van der Waals surface area contributed by atoms with Gasteiger partial charge in [0.1, 0.15) is 5.00 Å². The van der Waals surface area contributed by atoms with E-state index in [-0.39, 0.29) is 5.56 Å². The molecule has 0 radical (unpaired) electrons. The summed E-state index contributed by atoms with van der Waals surface area (Å²) >= 11 is 8.76. The molecule has 0 saturated heterocycles. The predicted molar refractivity (Wildman–Crippen MR) is 87.2 cm³/mol. The van der Waals surface area contributed by atoms with Crippen molar-refractivity contribution in [3.63, 3.8) is 0 Å². The number of carbonyl (C=O) groups is 2. The minimum atomic E-state index is -1.07.